The molecule has 0 heterocycles. The van der Waals surface area contributed by atoms with E-state index in [4.69, 9.17) is 11.4 Å². The van der Waals surface area contributed by atoms with Gasteiger partial charge < -0.3 is 11.4 Å². The van der Waals surface area contributed by atoms with Crippen molar-refractivity contribution in [1.82, 2.24) is 0 Å². The first kappa shape index (κ1) is 14.9. The molecule has 0 saturated heterocycles. The molecule has 5 heteroatoms. The van der Waals surface area contributed by atoms with Gasteiger partial charge >= 0.3 is 44.7 Å². The normalized spacial score (nSPS) is 9.00. The zero-order valence-electron chi connectivity index (χ0n) is 6.92. The molecule has 11 heavy (non-hydrogen) atoms. The Morgan fingerprint density at radius 2 is 1.09 bits per heavy atom. The van der Waals surface area contributed by atoms with E-state index in [1.165, 1.54) is 0 Å². The average molecular weight is 186 g/mol. The molecule has 0 aromatic carbocycles. The molecule has 0 radical (unpaired) electrons. The van der Waals surface area contributed by atoms with Gasteiger partial charge in [0.2, 0.25) is 0 Å². The van der Waals surface area contributed by atoms with E-state index in [2.05, 4.69) is 0 Å². The van der Waals surface area contributed by atoms with Gasteiger partial charge in [-0.3, -0.25) is 0 Å². The van der Waals surface area contributed by atoms with Gasteiger partial charge in [0, 0.05) is 19.8 Å². The topological polar surface area (TPSA) is 27.7 Å². The van der Waals surface area contributed by atoms with E-state index < -0.39 is 15.1 Å². The van der Waals surface area contributed by atoms with Crippen LogP contribution in [0, 0.1) is 0 Å². The summed E-state index contributed by atoms with van der Waals surface area (Å²) in [6.07, 6.45) is 0. The molecule has 0 spiro atoms. The number of rotatable bonds is 6. The summed E-state index contributed by atoms with van der Waals surface area (Å²) in [6, 6.07) is 0. The van der Waals surface area contributed by atoms with E-state index in [-0.39, 0.29) is 29.6 Å². The van der Waals surface area contributed by atoms with E-state index in [1.54, 1.807) is 0 Å². The molecule has 0 N–H and O–H groups in total. The molecular weight excluding hydrogens is 170 g/mol. The summed E-state index contributed by atoms with van der Waals surface area (Å²) >= 11 is -1.73. The second kappa shape index (κ2) is 11.4. The van der Waals surface area contributed by atoms with E-state index in [1.807, 2.05) is 20.8 Å². The molecule has 0 rings (SSSR count). The monoisotopic (exact) mass is 186 g/mol. The fourth-order valence-electron chi connectivity index (χ4n) is 0.553. The first-order chi connectivity index (χ1) is 4.85. The second-order valence-electron chi connectivity index (χ2n) is 1.65. The molecule has 62 valence electrons. The van der Waals surface area contributed by atoms with Crippen LogP contribution in [0.4, 0.5) is 0 Å². The van der Waals surface area contributed by atoms with Crippen molar-refractivity contribution in [2.24, 2.45) is 0 Å². The van der Waals surface area contributed by atoms with Crippen molar-refractivity contribution in [2.75, 3.05) is 19.8 Å². The number of hydrogen-bond acceptors (Lipinski definition) is 3. The molecule has 0 aromatic rings. The van der Waals surface area contributed by atoms with Gasteiger partial charge in [-0.05, 0) is 20.8 Å². The van der Waals surface area contributed by atoms with Crippen LogP contribution < -0.4 is 0 Å². The van der Waals surface area contributed by atoms with Crippen LogP contribution in [0.2, 0.25) is 0 Å². The third-order valence-corrected chi connectivity index (χ3v) is 2.72. The molecule has 0 atom stereocenters. The van der Waals surface area contributed by atoms with E-state index in [0.29, 0.717) is 19.8 Å². The molecule has 0 fully saturated rings. The van der Waals surface area contributed by atoms with Crippen LogP contribution in [0.5, 0.6) is 0 Å². The first-order valence-corrected chi connectivity index (χ1v) is 5.11. The Labute approximate surface area is 96.1 Å². The fourth-order valence-corrected chi connectivity index (χ4v) is 1.66. The summed E-state index contributed by atoms with van der Waals surface area (Å²) in [4.78, 5) is 0. The SMILES string of the molecule is CC[O][Al]([O]CC)[O]CC.[NaH]. The van der Waals surface area contributed by atoms with E-state index in [9.17, 15) is 0 Å². The molecule has 0 aliphatic heterocycles. The van der Waals surface area contributed by atoms with Crippen molar-refractivity contribution < 1.29 is 11.4 Å². The standard InChI is InChI=1S/3C2H5O.Al.Na.H/c3*1-2-3;;;/h3*2H2,1H3;;;/q3*-1;+3;;. The van der Waals surface area contributed by atoms with Crippen LogP contribution in [-0.4, -0.2) is 64.5 Å². The van der Waals surface area contributed by atoms with Crippen LogP contribution >= 0.6 is 0 Å². The van der Waals surface area contributed by atoms with Gasteiger partial charge in [-0.15, -0.1) is 0 Å². The maximum absolute atomic E-state index is 5.22. The molecular formula is C6H16AlNaO3. The van der Waals surface area contributed by atoms with Crippen LogP contribution in [0.15, 0.2) is 0 Å². The Bertz CT molecular complexity index is 60.6. The number of hydrogen-bond donors (Lipinski definition) is 0. The Balaban J connectivity index is 0. The summed E-state index contributed by atoms with van der Waals surface area (Å²) in [5.74, 6) is 0. The molecule has 0 bridgehead atoms. The van der Waals surface area contributed by atoms with Crippen molar-refractivity contribution in [3.05, 3.63) is 0 Å². The predicted octanol–water partition coefficient (Wildman–Crippen LogP) is 0.432. The van der Waals surface area contributed by atoms with E-state index in [0.717, 1.165) is 0 Å². The molecule has 0 saturated carbocycles. The quantitative estimate of drug-likeness (QED) is 0.563. The summed E-state index contributed by atoms with van der Waals surface area (Å²) in [5.41, 5.74) is 0. The third kappa shape index (κ3) is 9.33. The average Bonchev–Trinajstić information content (AvgIpc) is 1.90. The Kier molecular flexibility index (Phi) is 15.5. The molecule has 0 aliphatic carbocycles. The van der Waals surface area contributed by atoms with Gasteiger partial charge in [0.15, 0.2) is 0 Å². The first-order valence-electron chi connectivity index (χ1n) is 3.69. The molecule has 3 nitrogen and oxygen atoms in total. The van der Waals surface area contributed by atoms with Gasteiger partial charge in [-0.25, -0.2) is 0 Å². The fraction of sp³-hybridized carbons (Fsp3) is 1.00. The summed E-state index contributed by atoms with van der Waals surface area (Å²) in [6.45, 7) is 7.86. The zero-order valence-corrected chi connectivity index (χ0v) is 8.08. The third-order valence-electron chi connectivity index (χ3n) is 0.908. The molecule has 0 amide bonds. The van der Waals surface area contributed by atoms with Gasteiger partial charge in [0.25, 0.3) is 0 Å². The predicted molar refractivity (Wildman–Crippen MR) is 47.8 cm³/mol. The minimum atomic E-state index is -1.73. The van der Waals surface area contributed by atoms with Crippen molar-refractivity contribution in [2.45, 2.75) is 20.8 Å². The Hall–Kier alpha value is 1.41. The van der Waals surface area contributed by atoms with Crippen molar-refractivity contribution in [3.8, 4) is 0 Å². The summed E-state index contributed by atoms with van der Waals surface area (Å²) in [7, 11) is 0. The van der Waals surface area contributed by atoms with Crippen molar-refractivity contribution in [3.63, 3.8) is 0 Å². The Morgan fingerprint density at radius 3 is 1.27 bits per heavy atom. The minimum absolute atomic E-state index is 0. The maximum atomic E-state index is 5.22. The Morgan fingerprint density at radius 1 is 0.818 bits per heavy atom. The van der Waals surface area contributed by atoms with Crippen LogP contribution in [-0.2, 0) is 11.4 Å². The van der Waals surface area contributed by atoms with Crippen molar-refractivity contribution >= 4 is 44.7 Å². The van der Waals surface area contributed by atoms with Gasteiger partial charge in [0.1, 0.15) is 0 Å². The second-order valence-corrected chi connectivity index (χ2v) is 3.23. The molecule has 0 aromatic heterocycles. The van der Waals surface area contributed by atoms with Gasteiger partial charge in [-0.1, -0.05) is 0 Å². The van der Waals surface area contributed by atoms with E-state index >= 15 is 0 Å². The molecule has 0 aliphatic rings. The zero-order chi connectivity index (χ0) is 7.82. The molecule has 0 unspecified atom stereocenters. The summed E-state index contributed by atoms with van der Waals surface area (Å²) in [5, 5.41) is 0. The van der Waals surface area contributed by atoms with Crippen LogP contribution in [0.3, 0.4) is 0 Å². The summed E-state index contributed by atoms with van der Waals surface area (Å²) < 4.78 is 15.7. The van der Waals surface area contributed by atoms with Crippen LogP contribution in [0.1, 0.15) is 20.8 Å². The van der Waals surface area contributed by atoms with Crippen molar-refractivity contribution in [1.29, 1.82) is 0 Å². The van der Waals surface area contributed by atoms with Gasteiger partial charge in [-0.2, -0.15) is 0 Å². The van der Waals surface area contributed by atoms with Gasteiger partial charge in [0.05, 0.1) is 0 Å². The van der Waals surface area contributed by atoms with Crippen LogP contribution in [0.25, 0.3) is 0 Å².